The second-order valence-corrected chi connectivity index (χ2v) is 8.14. The van der Waals surface area contributed by atoms with Crippen molar-refractivity contribution in [1.82, 2.24) is 9.97 Å². The standard InChI is InChI=1S/C24H19BrFN5O2/c25-19-11-12-21(20(26)13-19)29-23-22(31(32)33)24(28-16-27-23)30(14-17-7-3-1-4-8-17)15-18-9-5-2-6-10-18/h1-13,16H,14-15H2,(H,27,28,29). The number of nitro groups is 1. The molecule has 0 fully saturated rings. The first-order valence-corrected chi connectivity index (χ1v) is 10.8. The lowest BCUT2D eigenvalue weighted by molar-refractivity contribution is -0.383. The highest BCUT2D eigenvalue weighted by molar-refractivity contribution is 9.10. The van der Waals surface area contributed by atoms with Crippen molar-refractivity contribution in [3.05, 3.63) is 117 Å². The minimum atomic E-state index is -0.565. The highest BCUT2D eigenvalue weighted by atomic mass is 79.9. The molecule has 0 aliphatic carbocycles. The van der Waals surface area contributed by atoms with E-state index in [1.54, 1.807) is 6.07 Å². The van der Waals surface area contributed by atoms with Gasteiger partial charge in [0.1, 0.15) is 12.1 Å². The molecule has 0 aliphatic rings. The van der Waals surface area contributed by atoms with Gasteiger partial charge in [-0.2, -0.15) is 0 Å². The number of benzene rings is 3. The maximum atomic E-state index is 14.4. The Morgan fingerprint density at radius 3 is 2.09 bits per heavy atom. The Morgan fingerprint density at radius 1 is 0.939 bits per heavy atom. The lowest BCUT2D eigenvalue weighted by Gasteiger charge is -2.24. The van der Waals surface area contributed by atoms with E-state index in [1.165, 1.54) is 18.5 Å². The molecule has 1 aromatic heterocycles. The van der Waals surface area contributed by atoms with Crippen LogP contribution in [-0.4, -0.2) is 14.9 Å². The third-order valence-corrected chi connectivity index (χ3v) is 5.40. The van der Waals surface area contributed by atoms with Gasteiger partial charge in [-0.25, -0.2) is 14.4 Å². The van der Waals surface area contributed by atoms with Crippen LogP contribution in [-0.2, 0) is 13.1 Å². The smallest absolute Gasteiger partial charge is 0.342 e. The van der Waals surface area contributed by atoms with Crippen molar-refractivity contribution in [3.8, 4) is 0 Å². The second-order valence-electron chi connectivity index (χ2n) is 7.23. The fourth-order valence-corrected chi connectivity index (χ4v) is 3.73. The normalized spacial score (nSPS) is 10.6. The Morgan fingerprint density at radius 2 is 1.55 bits per heavy atom. The van der Waals surface area contributed by atoms with Crippen molar-refractivity contribution in [1.29, 1.82) is 0 Å². The molecule has 0 atom stereocenters. The van der Waals surface area contributed by atoms with E-state index >= 15 is 0 Å². The van der Waals surface area contributed by atoms with E-state index in [-0.39, 0.29) is 23.0 Å². The van der Waals surface area contributed by atoms with Crippen molar-refractivity contribution in [2.45, 2.75) is 13.1 Å². The highest BCUT2D eigenvalue weighted by Gasteiger charge is 2.28. The molecule has 0 spiro atoms. The van der Waals surface area contributed by atoms with E-state index in [1.807, 2.05) is 65.6 Å². The number of hydrogen-bond donors (Lipinski definition) is 1. The molecule has 0 bridgehead atoms. The molecule has 4 rings (SSSR count). The predicted molar refractivity (Wildman–Crippen MR) is 129 cm³/mol. The van der Waals surface area contributed by atoms with Crippen molar-refractivity contribution in [3.63, 3.8) is 0 Å². The molecule has 4 aromatic rings. The Hall–Kier alpha value is -3.85. The molecule has 0 amide bonds. The zero-order valence-electron chi connectivity index (χ0n) is 17.4. The fourth-order valence-electron chi connectivity index (χ4n) is 3.39. The van der Waals surface area contributed by atoms with E-state index in [2.05, 4.69) is 31.2 Å². The quantitative estimate of drug-likeness (QED) is 0.224. The summed E-state index contributed by atoms with van der Waals surface area (Å²) in [4.78, 5) is 21.7. The van der Waals surface area contributed by atoms with Crippen LogP contribution in [0.3, 0.4) is 0 Å². The van der Waals surface area contributed by atoms with Crippen LogP contribution in [0.5, 0.6) is 0 Å². The minimum absolute atomic E-state index is 0.0728. The van der Waals surface area contributed by atoms with Crippen LogP contribution in [0.15, 0.2) is 89.7 Å². The van der Waals surface area contributed by atoms with Crippen LogP contribution in [0, 0.1) is 15.9 Å². The summed E-state index contributed by atoms with van der Waals surface area (Å²) in [5, 5.41) is 14.9. The molecule has 0 unspecified atom stereocenters. The van der Waals surface area contributed by atoms with E-state index in [4.69, 9.17) is 0 Å². The average molecular weight is 508 g/mol. The maximum absolute atomic E-state index is 14.4. The first-order chi connectivity index (χ1) is 16.0. The van der Waals surface area contributed by atoms with Crippen molar-refractivity contribution in [2.75, 3.05) is 10.2 Å². The van der Waals surface area contributed by atoms with E-state index in [0.717, 1.165) is 11.1 Å². The number of rotatable bonds is 8. The van der Waals surface area contributed by atoms with Crippen LogP contribution in [0.4, 0.5) is 27.4 Å². The SMILES string of the molecule is O=[N+]([O-])c1c(Nc2ccc(Br)cc2F)ncnc1N(Cc1ccccc1)Cc1ccccc1. The van der Waals surface area contributed by atoms with E-state index in [9.17, 15) is 14.5 Å². The molecule has 9 heteroatoms. The molecule has 1 N–H and O–H groups in total. The van der Waals surface area contributed by atoms with Gasteiger partial charge in [0, 0.05) is 17.6 Å². The molecule has 7 nitrogen and oxygen atoms in total. The summed E-state index contributed by atoms with van der Waals surface area (Å²) < 4.78 is 14.9. The monoisotopic (exact) mass is 507 g/mol. The number of hydrogen-bond acceptors (Lipinski definition) is 6. The Kier molecular flexibility index (Phi) is 6.89. The molecule has 1 heterocycles. The van der Waals surface area contributed by atoms with Crippen LogP contribution >= 0.6 is 15.9 Å². The lowest BCUT2D eigenvalue weighted by atomic mass is 10.1. The van der Waals surface area contributed by atoms with E-state index in [0.29, 0.717) is 17.6 Å². The number of nitrogens with one attached hydrogen (secondary N) is 1. The second kappa shape index (κ2) is 10.2. The zero-order valence-corrected chi connectivity index (χ0v) is 18.9. The van der Waals surface area contributed by atoms with Crippen LogP contribution in [0.1, 0.15) is 11.1 Å². The number of halogens is 2. The van der Waals surface area contributed by atoms with Crippen molar-refractivity contribution in [2.24, 2.45) is 0 Å². The van der Waals surface area contributed by atoms with Crippen LogP contribution in [0.25, 0.3) is 0 Å². The van der Waals surface area contributed by atoms with Crippen molar-refractivity contribution < 1.29 is 9.31 Å². The summed E-state index contributed by atoms with van der Waals surface area (Å²) in [5.41, 5.74) is 1.68. The number of anilines is 3. The van der Waals surface area contributed by atoms with Crippen LogP contribution in [0.2, 0.25) is 0 Å². The van der Waals surface area contributed by atoms with Gasteiger partial charge < -0.3 is 10.2 Å². The molecule has 0 saturated carbocycles. The Labute approximate surface area is 198 Å². The summed E-state index contributed by atoms with van der Waals surface area (Å²) in [6, 6.07) is 23.6. The van der Waals surface area contributed by atoms with Gasteiger partial charge in [0.2, 0.25) is 11.6 Å². The average Bonchev–Trinajstić information content (AvgIpc) is 2.81. The maximum Gasteiger partial charge on any atom is 0.353 e. The summed E-state index contributed by atoms with van der Waals surface area (Å²) in [5.74, 6) is -0.510. The Bertz CT molecular complexity index is 1220. The molecule has 33 heavy (non-hydrogen) atoms. The summed E-state index contributed by atoms with van der Waals surface area (Å²) >= 11 is 3.20. The zero-order chi connectivity index (χ0) is 23.2. The van der Waals surface area contributed by atoms with Crippen LogP contribution < -0.4 is 10.2 Å². The van der Waals surface area contributed by atoms with Gasteiger partial charge in [-0.15, -0.1) is 0 Å². The molecule has 0 saturated heterocycles. The largest absolute Gasteiger partial charge is 0.353 e. The third kappa shape index (κ3) is 5.50. The predicted octanol–water partition coefficient (Wildman–Crippen LogP) is 6.24. The summed E-state index contributed by atoms with van der Waals surface area (Å²) in [7, 11) is 0. The topological polar surface area (TPSA) is 84.2 Å². The first kappa shape index (κ1) is 22.3. The van der Waals surface area contributed by atoms with Gasteiger partial charge in [0.05, 0.1) is 10.6 Å². The Balaban J connectivity index is 1.76. The molecule has 166 valence electrons. The van der Waals surface area contributed by atoms with E-state index < -0.39 is 10.7 Å². The fraction of sp³-hybridized carbons (Fsp3) is 0.0833. The summed E-state index contributed by atoms with van der Waals surface area (Å²) in [6.07, 6.45) is 1.24. The minimum Gasteiger partial charge on any atom is -0.342 e. The van der Waals surface area contributed by atoms with Gasteiger partial charge in [-0.1, -0.05) is 76.6 Å². The lowest BCUT2D eigenvalue weighted by Crippen LogP contribution is -2.24. The number of nitrogens with zero attached hydrogens (tertiary/aromatic N) is 4. The molecular weight excluding hydrogens is 489 g/mol. The first-order valence-electron chi connectivity index (χ1n) is 10.1. The molecule has 0 radical (unpaired) electrons. The van der Waals surface area contributed by atoms with Gasteiger partial charge in [-0.3, -0.25) is 10.1 Å². The molecule has 3 aromatic carbocycles. The molecular formula is C24H19BrFN5O2. The third-order valence-electron chi connectivity index (χ3n) is 4.90. The van der Waals surface area contributed by atoms with Crippen molar-refractivity contribution >= 4 is 38.9 Å². The number of aromatic nitrogens is 2. The summed E-state index contributed by atoms with van der Waals surface area (Å²) in [6.45, 7) is 0.777. The van der Waals surface area contributed by atoms with Gasteiger partial charge in [0.25, 0.3) is 0 Å². The van der Waals surface area contributed by atoms with Gasteiger partial charge >= 0.3 is 5.69 Å². The van der Waals surface area contributed by atoms with Gasteiger partial charge in [0.15, 0.2) is 0 Å². The van der Waals surface area contributed by atoms with Gasteiger partial charge in [-0.05, 0) is 29.3 Å². The highest BCUT2D eigenvalue weighted by Crippen LogP contribution is 2.35. The molecule has 0 aliphatic heterocycles.